The molecule has 5 nitrogen and oxygen atoms in total. The lowest BCUT2D eigenvalue weighted by atomic mass is 10.0. The average molecular weight is 343 g/mol. The largest absolute Gasteiger partial charge is 0.468 e. The summed E-state index contributed by atoms with van der Waals surface area (Å²) in [4.78, 5) is 23.3. The maximum atomic E-state index is 11.8. The number of nitrogens with one attached hydrogen (secondary N) is 2. The molecule has 110 valence electrons. The van der Waals surface area contributed by atoms with Crippen molar-refractivity contribution < 1.29 is 14.3 Å². The van der Waals surface area contributed by atoms with Crippen molar-refractivity contribution in [1.82, 2.24) is 5.32 Å². The molecule has 0 bridgehead atoms. The van der Waals surface area contributed by atoms with Crippen molar-refractivity contribution in [3.05, 3.63) is 28.7 Å². The van der Waals surface area contributed by atoms with Crippen molar-refractivity contribution in [3.8, 4) is 0 Å². The number of amides is 1. The molecule has 20 heavy (non-hydrogen) atoms. The van der Waals surface area contributed by atoms with Crippen LogP contribution in [0.2, 0.25) is 0 Å². The first kappa shape index (κ1) is 16.7. The van der Waals surface area contributed by atoms with Gasteiger partial charge in [0.15, 0.2) is 0 Å². The Bertz CT molecular complexity index is 460. The highest BCUT2D eigenvalue weighted by molar-refractivity contribution is 9.10. The first-order valence-electron chi connectivity index (χ1n) is 6.30. The maximum absolute atomic E-state index is 11.8. The number of carbonyl (C=O) groups is 2. The SMILES string of the molecule is COC(=O)C(NCC(=O)Nc1ccc(Br)cc1)C(C)C. The van der Waals surface area contributed by atoms with Gasteiger partial charge in [-0.3, -0.25) is 14.9 Å². The van der Waals surface area contributed by atoms with Crippen LogP contribution in [-0.4, -0.2) is 31.6 Å². The van der Waals surface area contributed by atoms with Crippen LogP contribution in [0.3, 0.4) is 0 Å². The lowest BCUT2D eigenvalue weighted by molar-refractivity contribution is -0.144. The highest BCUT2D eigenvalue weighted by atomic mass is 79.9. The second-order valence-corrected chi connectivity index (χ2v) is 5.60. The lowest BCUT2D eigenvalue weighted by Crippen LogP contribution is -2.45. The molecule has 6 heteroatoms. The predicted octanol–water partition coefficient (Wildman–Crippen LogP) is 2.17. The van der Waals surface area contributed by atoms with Gasteiger partial charge in [0.05, 0.1) is 13.7 Å². The molecular formula is C14H19BrN2O3. The van der Waals surface area contributed by atoms with Crippen LogP contribution in [0.25, 0.3) is 0 Å². The van der Waals surface area contributed by atoms with Crippen LogP contribution in [0.15, 0.2) is 28.7 Å². The normalized spacial score (nSPS) is 12.1. The van der Waals surface area contributed by atoms with E-state index in [4.69, 9.17) is 4.74 Å². The Kier molecular flexibility index (Phi) is 6.67. The predicted molar refractivity (Wildman–Crippen MR) is 81.4 cm³/mol. The summed E-state index contributed by atoms with van der Waals surface area (Å²) in [5.41, 5.74) is 0.708. The molecule has 2 N–H and O–H groups in total. The van der Waals surface area contributed by atoms with E-state index in [1.807, 2.05) is 26.0 Å². The Morgan fingerprint density at radius 1 is 1.25 bits per heavy atom. The van der Waals surface area contributed by atoms with E-state index in [1.165, 1.54) is 7.11 Å². The van der Waals surface area contributed by atoms with Gasteiger partial charge in [0.25, 0.3) is 0 Å². The van der Waals surface area contributed by atoms with Gasteiger partial charge in [-0.2, -0.15) is 0 Å². The molecule has 0 radical (unpaired) electrons. The van der Waals surface area contributed by atoms with Gasteiger partial charge < -0.3 is 10.1 Å². The molecular weight excluding hydrogens is 324 g/mol. The minimum Gasteiger partial charge on any atom is -0.468 e. The molecule has 0 aliphatic heterocycles. The number of hydrogen-bond donors (Lipinski definition) is 2. The van der Waals surface area contributed by atoms with Gasteiger partial charge in [0, 0.05) is 10.2 Å². The van der Waals surface area contributed by atoms with Crippen LogP contribution in [-0.2, 0) is 14.3 Å². The molecule has 0 spiro atoms. The number of methoxy groups -OCH3 is 1. The topological polar surface area (TPSA) is 67.4 Å². The summed E-state index contributed by atoms with van der Waals surface area (Å²) in [5.74, 6) is -0.527. The van der Waals surface area contributed by atoms with Crippen molar-refractivity contribution in [3.63, 3.8) is 0 Å². The van der Waals surface area contributed by atoms with Crippen molar-refractivity contribution in [2.45, 2.75) is 19.9 Å². The maximum Gasteiger partial charge on any atom is 0.323 e. The second-order valence-electron chi connectivity index (χ2n) is 4.68. The van der Waals surface area contributed by atoms with Gasteiger partial charge in [-0.05, 0) is 30.2 Å². The fourth-order valence-electron chi connectivity index (χ4n) is 1.66. The number of rotatable bonds is 6. The van der Waals surface area contributed by atoms with Gasteiger partial charge in [-0.15, -0.1) is 0 Å². The molecule has 1 unspecified atom stereocenters. The van der Waals surface area contributed by atoms with Crippen LogP contribution < -0.4 is 10.6 Å². The van der Waals surface area contributed by atoms with Crippen molar-refractivity contribution >= 4 is 33.5 Å². The molecule has 1 rings (SSSR count). The van der Waals surface area contributed by atoms with E-state index in [9.17, 15) is 9.59 Å². The first-order valence-corrected chi connectivity index (χ1v) is 7.10. The zero-order chi connectivity index (χ0) is 15.1. The smallest absolute Gasteiger partial charge is 0.323 e. The fourth-order valence-corrected chi connectivity index (χ4v) is 1.92. The summed E-state index contributed by atoms with van der Waals surface area (Å²) >= 11 is 3.32. The number of esters is 1. The average Bonchev–Trinajstić information content (AvgIpc) is 2.41. The summed E-state index contributed by atoms with van der Waals surface area (Å²) in [7, 11) is 1.33. The molecule has 0 aliphatic carbocycles. The van der Waals surface area contributed by atoms with E-state index < -0.39 is 6.04 Å². The van der Waals surface area contributed by atoms with E-state index in [-0.39, 0.29) is 24.3 Å². The molecule has 1 atom stereocenters. The van der Waals surface area contributed by atoms with E-state index in [0.29, 0.717) is 5.69 Å². The quantitative estimate of drug-likeness (QED) is 0.777. The van der Waals surface area contributed by atoms with Gasteiger partial charge in [0.1, 0.15) is 6.04 Å². The third kappa shape index (κ3) is 5.30. The summed E-state index contributed by atoms with van der Waals surface area (Å²) in [6.45, 7) is 3.83. The van der Waals surface area contributed by atoms with E-state index in [2.05, 4.69) is 26.6 Å². The Hall–Kier alpha value is -1.40. The Morgan fingerprint density at radius 3 is 2.35 bits per heavy atom. The monoisotopic (exact) mass is 342 g/mol. The van der Waals surface area contributed by atoms with Crippen LogP contribution in [0.5, 0.6) is 0 Å². The van der Waals surface area contributed by atoms with E-state index >= 15 is 0 Å². The number of ether oxygens (including phenoxy) is 1. The van der Waals surface area contributed by atoms with Crippen LogP contribution >= 0.6 is 15.9 Å². The zero-order valence-corrected chi connectivity index (χ0v) is 13.4. The van der Waals surface area contributed by atoms with Crippen molar-refractivity contribution in [2.24, 2.45) is 5.92 Å². The third-order valence-electron chi connectivity index (χ3n) is 2.73. The van der Waals surface area contributed by atoms with Gasteiger partial charge in [-0.25, -0.2) is 0 Å². The minimum absolute atomic E-state index is 0.0444. The number of hydrogen-bond acceptors (Lipinski definition) is 4. The summed E-state index contributed by atoms with van der Waals surface area (Å²) in [5, 5.41) is 5.65. The van der Waals surface area contributed by atoms with E-state index in [0.717, 1.165) is 4.47 Å². The van der Waals surface area contributed by atoms with Crippen LogP contribution in [0, 0.1) is 5.92 Å². The highest BCUT2D eigenvalue weighted by Gasteiger charge is 2.22. The number of anilines is 1. The van der Waals surface area contributed by atoms with Crippen LogP contribution in [0.4, 0.5) is 5.69 Å². The van der Waals surface area contributed by atoms with Crippen molar-refractivity contribution in [2.75, 3.05) is 19.0 Å². The molecule has 0 saturated heterocycles. The molecule has 0 aliphatic rings. The molecule has 0 heterocycles. The minimum atomic E-state index is -0.490. The standard InChI is InChI=1S/C14H19BrN2O3/c1-9(2)13(14(19)20-3)16-8-12(18)17-11-6-4-10(15)5-7-11/h4-7,9,13,16H,8H2,1-3H3,(H,17,18). The number of carbonyl (C=O) groups excluding carboxylic acids is 2. The third-order valence-corrected chi connectivity index (χ3v) is 3.26. The molecule has 1 aromatic carbocycles. The van der Waals surface area contributed by atoms with Gasteiger partial charge >= 0.3 is 5.97 Å². The van der Waals surface area contributed by atoms with E-state index in [1.54, 1.807) is 12.1 Å². The molecule has 0 fully saturated rings. The summed E-state index contributed by atoms with van der Waals surface area (Å²) < 4.78 is 5.64. The number of halogens is 1. The molecule has 0 saturated carbocycles. The van der Waals surface area contributed by atoms with Crippen molar-refractivity contribution in [1.29, 1.82) is 0 Å². The molecule has 1 amide bonds. The van der Waals surface area contributed by atoms with Gasteiger partial charge in [0.2, 0.25) is 5.91 Å². The summed E-state index contributed by atoms with van der Waals surface area (Å²) in [6.07, 6.45) is 0. The number of benzene rings is 1. The fraction of sp³-hybridized carbons (Fsp3) is 0.429. The second kappa shape index (κ2) is 8.01. The molecule has 1 aromatic rings. The first-order chi connectivity index (χ1) is 9.43. The Labute approximate surface area is 127 Å². The summed E-state index contributed by atoms with van der Waals surface area (Å²) in [6, 6.07) is 6.78. The Morgan fingerprint density at radius 2 is 1.85 bits per heavy atom. The molecule has 0 aromatic heterocycles. The van der Waals surface area contributed by atoms with Crippen LogP contribution in [0.1, 0.15) is 13.8 Å². The highest BCUT2D eigenvalue weighted by Crippen LogP contribution is 2.13. The Balaban J connectivity index is 2.49. The zero-order valence-electron chi connectivity index (χ0n) is 11.8. The lowest BCUT2D eigenvalue weighted by Gasteiger charge is -2.19. The van der Waals surface area contributed by atoms with Gasteiger partial charge in [-0.1, -0.05) is 29.8 Å².